The van der Waals surface area contributed by atoms with Crippen LogP contribution < -0.4 is 5.32 Å². The fourth-order valence-electron chi connectivity index (χ4n) is 2.51. The molecule has 0 amide bonds. The van der Waals surface area contributed by atoms with Gasteiger partial charge >= 0.3 is 0 Å². The first-order valence-electron chi connectivity index (χ1n) is 7.76. The van der Waals surface area contributed by atoms with Gasteiger partial charge in [-0.25, -0.2) is 4.98 Å². The summed E-state index contributed by atoms with van der Waals surface area (Å²) in [7, 11) is 2.15. The molecule has 2 heterocycles. The van der Waals surface area contributed by atoms with Crippen molar-refractivity contribution in [2.75, 3.05) is 45.1 Å². The molecule has 0 unspecified atom stereocenters. The van der Waals surface area contributed by atoms with Crippen molar-refractivity contribution in [1.29, 1.82) is 0 Å². The van der Waals surface area contributed by atoms with Crippen LogP contribution in [0.4, 0.5) is 11.5 Å². The van der Waals surface area contributed by atoms with Crippen LogP contribution in [0, 0.1) is 10.1 Å². The van der Waals surface area contributed by atoms with E-state index in [1.165, 1.54) is 12.3 Å². The maximum absolute atomic E-state index is 10.8. The molecule has 0 spiro atoms. The Bertz CT molecular complexity index is 559. The van der Waals surface area contributed by atoms with Crippen molar-refractivity contribution < 1.29 is 4.92 Å². The van der Waals surface area contributed by atoms with Crippen molar-refractivity contribution in [1.82, 2.24) is 14.8 Å². The van der Waals surface area contributed by atoms with Gasteiger partial charge in [0.15, 0.2) is 0 Å². The number of pyridine rings is 1. The molecule has 0 saturated carbocycles. The largest absolute Gasteiger partial charge is 0.364 e. The highest BCUT2D eigenvalue weighted by Crippen LogP contribution is 2.27. The van der Waals surface area contributed by atoms with Crippen LogP contribution in [0.15, 0.2) is 16.7 Å². The van der Waals surface area contributed by atoms with Crippen molar-refractivity contribution in [3.63, 3.8) is 0 Å². The van der Waals surface area contributed by atoms with Crippen LogP contribution in [0.25, 0.3) is 0 Å². The molecule has 2 rings (SSSR count). The van der Waals surface area contributed by atoms with Gasteiger partial charge in [0.1, 0.15) is 12.0 Å². The molecular formula is C15H24BrN5O2. The maximum atomic E-state index is 10.8. The lowest BCUT2D eigenvalue weighted by Crippen LogP contribution is -2.46. The minimum atomic E-state index is -0.444. The number of rotatable bonds is 6. The number of likely N-dealkylation sites (N-methyl/N-ethyl adjacent to an activating group) is 1. The average molecular weight is 386 g/mol. The molecule has 8 heteroatoms. The van der Waals surface area contributed by atoms with Crippen LogP contribution in [-0.4, -0.2) is 65.0 Å². The van der Waals surface area contributed by atoms with E-state index in [1.807, 2.05) is 0 Å². The van der Waals surface area contributed by atoms with E-state index < -0.39 is 4.92 Å². The molecule has 0 atom stereocenters. The van der Waals surface area contributed by atoms with Gasteiger partial charge in [-0.3, -0.25) is 10.1 Å². The van der Waals surface area contributed by atoms with Crippen LogP contribution >= 0.6 is 15.9 Å². The highest BCUT2D eigenvalue weighted by atomic mass is 79.9. The molecule has 1 fully saturated rings. The SMILES string of the molecule is CN1CCN(CCC(C)(C)Nc2ncc([N+](=O)[O-])cc2Br)CC1. The molecule has 1 N–H and O–H groups in total. The smallest absolute Gasteiger partial charge is 0.288 e. The Morgan fingerprint density at radius 3 is 2.61 bits per heavy atom. The normalized spacial score (nSPS) is 17.2. The summed E-state index contributed by atoms with van der Waals surface area (Å²) < 4.78 is 0.611. The molecule has 1 aliphatic heterocycles. The summed E-state index contributed by atoms with van der Waals surface area (Å²) in [6, 6.07) is 1.48. The van der Waals surface area contributed by atoms with E-state index in [2.05, 4.69) is 56.9 Å². The van der Waals surface area contributed by atoms with E-state index >= 15 is 0 Å². The topological polar surface area (TPSA) is 74.5 Å². The molecular weight excluding hydrogens is 362 g/mol. The zero-order valence-electron chi connectivity index (χ0n) is 13.9. The maximum Gasteiger partial charge on any atom is 0.288 e. The monoisotopic (exact) mass is 385 g/mol. The predicted octanol–water partition coefficient (Wildman–Crippen LogP) is 2.58. The third-order valence-electron chi connectivity index (χ3n) is 4.14. The number of nitrogens with one attached hydrogen (secondary N) is 1. The number of hydrogen-bond donors (Lipinski definition) is 1. The first kappa shape index (κ1) is 18.1. The zero-order chi connectivity index (χ0) is 17.0. The summed E-state index contributed by atoms with van der Waals surface area (Å²) >= 11 is 3.36. The number of anilines is 1. The molecule has 0 aromatic carbocycles. The van der Waals surface area contributed by atoms with Gasteiger partial charge in [-0.05, 0) is 43.2 Å². The Morgan fingerprint density at radius 2 is 2.04 bits per heavy atom. The van der Waals surface area contributed by atoms with Gasteiger partial charge < -0.3 is 15.1 Å². The quantitative estimate of drug-likeness (QED) is 0.599. The van der Waals surface area contributed by atoms with Gasteiger partial charge in [0.05, 0.1) is 9.40 Å². The van der Waals surface area contributed by atoms with E-state index in [0.29, 0.717) is 10.3 Å². The zero-order valence-corrected chi connectivity index (χ0v) is 15.5. The highest BCUT2D eigenvalue weighted by molar-refractivity contribution is 9.10. The van der Waals surface area contributed by atoms with E-state index in [0.717, 1.165) is 39.1 Å². The summed E-state index contributed by atoms with van der Waals surface area (Å²) in [6.07, 6.45) is 2.26. The second-order valence-corrected chi connectivity index (χ2v) is 7.54. The summed E-state index contributed by atoms with van der Waals surface area (Å²) in [4.78, 5) is 19.3. The first-order chi connectivity index (χ1) is 10.8. The van der Waals surface area contributed by atoms with Crippen LogP contribution in [0.3, 0.4) is 0 Å². The number of nitrogens with zero attached hydrogens (tertiary/aromatic N) is 4. The van der Waals surface area contributed by atoms with Gasteiger partial charge in [-0.2, -0.15) is 0 Å². The Labute approximate surface area is 145 Å². The van der Waals surface area contributed by atoms with Gasteiger partial charge in [-0.1, -0.05) is 0 Å². The Balaban J connectivity index is 1.91. The summed E-state index contributed by atoms with van der Waals surface area (Å²) in [5, 5.41) is 14.1. The third kappa shape index (κ3) is 5.40. The molecule has 0 radical (unpaired) electrons. The minimum absolute atomic E-state index is 0.0160. The van der Waals surface area contributed by atoms with Crippen molar-refractivity contribution in [2.24, 2.45) is 0 Å². The van der Waals surface area contributed by atoms with Crippen LogP contribution in [0.2, 0.25) is 0 Å². The highest BCUT2D eigenvalue weighted by Gasteiger charge is 2.23. The molecule has 128 valence electrons. The second kappa shape index (κ2) is 7.55. The number of piperazine rings is 1. The van der Waals surface area contributed by atoms with Crippen molar-refractivity contribution in [3.05, 3.63) is 26.9 Å². The average Bonchev–Trinajstić information content (AvgIpc) is 2.48. The lowest BCUT2D eigenvalue weighted by atomic mass is 10.00. The van der Waals surface area contributed by atoms with E-state index in [1.54, 1.807) is 0 Å². The Hall–Kier alpha value is -1.25. The van der Waals surface area contributed by atoms with Crippen LogP contribution in [-0.2, 0) is 0 Å². The van der Waals surface area contributed by atoms with Crippen molar-refractivity contribution in [2.45, 2.75) is 25.8 Å². The van der Waals surface area contributed by atoms with Gasteiger partial charge in [0.2, 0.25) is 0 Å². The van der Waals surface area contributed by atoms with Crippen molar-refractivity contribution >= 4 is 27.4 Å². The number of aromatic nitrogens is 1. The predicted molar refractivity (Wildman–Crippen MR) is 94.8 cm³/mol. The minimum Gasteiger partial charge on any atom is -0.364 e. The molecule has 7 nitrogen and oxygen atoms in total. The second-order valence-electron chi connectivity index (χ2n) is 6.68. The van der Waals surface area contributed by atoms with E-state index in [-0.39, 0.29) is 11.2 Å². The van der Waals surface area contributed by atoms with E-state index in [4.69, 9.17) is 0 Å². The number of halogens is 1. The van der Waals surface area contributed by atoms with Crippen LogP contribution in [0.1, 0.15) is 20.3 Å². The summed E-state index contributed by atoms with van der Waals surface area (Å²) in [6.45, 7) is 9.71. The Kier molecular flexibility index (Phi) is 5.94. The fraction of sp³-hybridized carbons (Fsp3) is 0.667. The molecule has 1 aromatic rings. The summed E-state index contributed by atoms with van der Waals surface area (Å²) in [5.41, 5.74) is -0.160. The first-order valence-corrected chi connectivity index (χ1v) is 8.55. The third-order valence-corrected chi connectivity index (χ3v) is 4.75. The van der Waals surface area contributed by atoms with Gasteiger partial charge in [-0.15, -0.1) is 0 Å². The lowest BCUT2D eigenvalue weighted by Gasteiger charge is -2.35. The van der Waals surface area contributed by atoms with Gasteiger partial charge in [0.25, 0.3) is 5.69 Å². The number of hydrogen-bond acceptors (Lipinski definition) is 6. The summed E-state index contributed by atoms with van der Waals surface area (Å²) in [5.74, 6) is 0.638. The van der Waals surface area contributed by atoms with E-state index in [9.17, 15) is 10.1 Å². The van der Waals surface area contributed by atoms with Gasteiger partial charge in [0, 0.05) is 44.3 Å². The molecule has 1 saturated heterocycles. The molecule has 23 heavy (non-hydrogen) atoms. The molecule has 1 aliphatic rings. The van der Waals surface area contributed by atoms with Crippen molar-refractivity contribution in [3.8, 4) is 0 Å². The standard InChI is InChI=1S/C15H24BrN5O2/c1-15(2,4-5-20-8-6-19(3)7-9-20)18-14-13(16)10-12(11-17-14)21(22)23/h10-11H,4-9H2,1-3H3,(H,17,18). The van der Waals surface area contributed by atoms with Crippen LogP contribution in [0.5, 0.6) is 0 Å². The lowest BCUT2D eigenvalue weighted by molar-refractivity contribution is -0.385. The Morgan fingerprint density at radius 1 is 1.39 bits per heavy atom. The number of nitro groups is 1. The molecule has 1 aromatic heterocycles. The molecule has 0 bridgehead atoms. The fourth-order valence-corrected chi connectivity index (χ4v) is 2.95. The molecule has 0 aliphatic carbocycles.